The third kappa shape index (κ3) is 3.17. The monoisotopic (exact) mass is 326 g/mol. The number of thiophene rings is 1. The summed E-state index contributed by atoms with van der Waals surface area (Å²) in [7, 11) is 1.76. The van der Waals surface area contributed by atoms with Gasteiger partial charge in [-0.1, -0.05) is 6.92 Å². The lowest BCUT2D eigenvalue weighted by Gasteiger charge is -2.15. The van der Waals surface area contributed by atoms with Crippen molar-refractivity contribution in [3.05, 3.63) is 41.5 Å². The van der Waals surface area contributed by atoms with Crippen LogP contribution in [0.3, 0.4) is 0 Å². The van der Waals surface area contributed by atoms with Gasteiger partial charge in [0.2, 0.25) is 5.91 Å². The largest absolute Gasteiger partial charge is 0.340 e. The minimum Gasteiger partial charge on any atom is -0.340 e. The number of rotatable bonds is 4. The van der Waals surface area contributed by atoms with E-state index in [9.17, 15) is 4.79 Å². The number of amides is 1. The van der Waals surface area contributed by atoms with E-state index in [2.05, 4.69) is 28.3 Å². The lowest BCUT2D eigenvalue weighted by atomic mass is 10.2. The van der Waals surface area contributed by atoms with Gasteiger partial charge in [-0.3, -0.25) is 4.79 Å². The number of aromatic nitrogens is 2. The summed E-state index contributed by atoms with van der Waals surface area (Å²) in [6, 6.07) is 9.84. The van der Waals surface area contributed by atoms with E-state index in [1.54, 1.807) is 36.5 Å². The van der Waals surface area contributed by atoms with Crippen LogP contribution in [0.5, 0.6) is 0 Å². The van der Waals surface area contributed by atoms with E-state index >= 15 is 0 Å². The van der Waals surface area contributed by atoms with Gasteiger partial charge in [0, 0.05) is 30.2 Å². The zero-order valence-corrected chi connectivity index (χ0v) is 14.1. The summed E-state index contributed by atoms with van der Waals surface area (Å²) in [4.78, 5) is 24.0. The molecule has 0 saturated heterocycles. The van der Waals surface area contributed by atoms with Crippen LogP contribution in [0.1, 0.15) is 18.7 Å². The van der Waals surface area contributed by atoms with E-state index in [4.69, 9.17) is 0 Å². The van der Waals surface area contributed by atoms with E-state index in [0.717, 1.165) is 33.8 Å². The predicted molar refractivity (Wildman–Crippen MR) is 95.6 cm³/mol. The van der Waals surface area contributed by atoms with E-state index in [1.165, 1.54) is 4.88 Å². The van der Waals surface area contributed by atoms with Gasteiger partial charge in [0.1, 0.15) is 17.0 Å². The van der Waals surface area contributed by atoms with Crippen molar-refractivity contribution in [2.45, 2.75) is 20.3 Å². The van der Waals surface area contributed by atoms with Crippen molar-refractivity contribution < 1.29 is 4.79 Å². The fourth-order valence-electron chi connectivity index (χ4n) is 2.27. The summed E-state index contributed by atoms with van der Waals surface area (Å²) >= 11 is 1.70. The number of hydrogen-bond donors (Lipinski definition) is 1. The van der Waals surface area contributed by atoms with Crippen LogP contribution >= 0.6 is 11.3 Å². The van der Waals surface area contributed by atoms with Crippen molar-refractivity contribution in [3.8, 4) is 0 Å². The van der Waals surface area contributed by atoms with Crippen LogP contribution in [0.4, 0.5) is 17.2 Å². The highest BCUT2D eigenvalue weighted by atomic mass is 32.1. The molecule has 0 bridgehead atoms. The first-order valence-corrected chi connectivity index (χ1v) is 8.25. The second kappa shape index (κ2) is 6.34. The molecule has 0 saturated carbocycles. The fourth-order valence-corrected chi connectivity index (χ4v) is 3.20. The molecule has 0 spiro atoms. The number of carbonyl (C=O) groups is 1. The van der Waals surface area contributed by atoms with E-state index in [0.29, 0.717) is 0 Å². The summed E-state index contributed by atoms with van der Waals surface area (Å²) < 4.78 is 0. The van der Waals surface area contributed by atoms with Gasteiger partial charge in [-0.15, -0.1) is 11.3 Å². The smallest absolute Gasteiger partial charge is 0.223 e. The van der Waals surface area contributed by atoms with Gasteiger partial charge in [-0.2, -0.15) is 0 Å². The van der Waals surface area contributed by atoms with Crippen LogP contribution in [0, 0.1) is 0 Å². The normalized spacial score (nSPS) is 10.7. The fraction of sp³-hybridized carbons (Fsp3) is 0.235. The number of nitrogens with zero attached hydrogens (tertiary/aromatic N) is 3. The number of aryl methyl sites for hydroxylation is 1. The number of carbonyl (C=O) groups excluding carboxylic acids is 1. The minimum atomic E-state index is 0.00795. The first kappa shape index (κ1) is 15.4. The topological polar surface area (TPSA) is 58.1 Å². The Morgan fingerprint density at radius 1 is 1.26 bits per heavy atom. The van der Waals surface area contributed by atoms with Gasteiger partial charge in [0.15, 0.2) is 0 Å². The molecular weight excluding hydrogens is 308 g/mol. The summed E-state index contributed by atoms with van der Waals surface area (Å²) in [6.07, 6.45) is 2.57. The van der Waals surface area contributed by atoms with Crippen molar-refractivity contribution in [1.29, 1.82) is 0 Å². The molecule has 0 aliphatic rings. The molecule has 0 aliphatic heterocycles. The minimum absolute atomic E-state index is 0.00795. The van der Waals surface area contributed by atoms with Crippen LogP contribution in [-0.4, -0.2) is 22.9 Å². The van der Waals surface area contributed by atoms with Crippen molar-refractivity contribution in [3.63, 3.8) is 0 Å². The molecule has 0 fully saturated rings. The quantitative estimate of drug-likeness (QED) is 0.788. The molecule has 1 aromatic carbocycles. The third-order valence-corrected chi connectivity index (χ3v) is 4.91. The van der Waals surface area contributed by atoms with Crippen LogP contribution in [-0.2, 0) is 11.2 Å². The van der Waals surface area contributed by atoms with Crippen LogP contribution < -0.4 is 10.2 Å². The maximum atomic E-state index is 11.4. The first-order chi connectivity index (χ1) is 11.1. The molecule has 118 valence electrons. The Kier molecular flexibility index (Phi) is 4.25. The molecule has 6 heteroatoms. The molecule has 0 unspecified atom stereocenters. The molecule has 2 heterocycles. The lowest BCUT2D eigenvalue weighted by molar-refractivity contribution is -0.116. The maximum absolute atomic E-state index is 11.4. The first-order valence-electron chi connectivity index (χ1n) is 7.43. The molecule has 0 aliphatic carbocycles. The summed E-state index contributed by atoms with van der Waals surface area (Å²) in [6.45, 7) is 3.68. The van der Waals surface area contributed by atoms with Gasteiger partial charge in [-0.25, -0.2) is 9.97 Å². The SMILES string of the molecule is CCc1cc2c(Nc3ccc(N(C)C(C)=O)cc3)ncnc2s1. The van der Waals surface area contributed by atoms with E-state index < -0.39 is 0 Å². The molecule has 2 aromatic heterocycles. The van der Waals surface area contributed by atoms with Crippen molar-refractivity contribution >= 4 is 44.7 Å². The highest BCUT2D eigenvalue weighted by Crippen LogP contribution is 2.30. The van der Waals surface area contributed by atoms with Crippen LogP contribution in [0.15, 0.2) is 36.7 Å². The number of hydrogen-bond acceptors (Lipinski definition) is 5. The van der Waals surface area contributed by atoms with Crippen LogP contribution in [0.25, 0.3) is 10.2 Å². The lowest BCUT2D eigenvalue weighted by Crippen LogP contribution is -2.22. The number of fused-ring (bicyclic) bond motifs is 1. The molecule has 0 atom stereocenters. The average Bonchev–Trinajstić information content (AvgIpc) is 2.99. The predicted octanol–water partition coefficient (Wildman–Crippen LogP) is 3.98. The number of benzene rings is 1. The second-order valence-corrected chi connectivity index (χ2v) is 6.37. The van der Waals surface area contributed by atoms with Crippen molar-refractivity contribution in [1.82, 2.24) is 9.97 Å². The van der Waals surface area contributed by atoms with Gasteiger partial charge < -0.3 is 10.2 Å². The Labute approximate surface area is 139 Å². The van der Waals surface area contributed by atoms with Gasteiger partial charge in [-0.05, 0) is 36.8 Å². The van der Waals surface area contributed by atoms with E-state index in [-0.39, 0.29) is 5.91 Å². The van der Waals surface area contributed by atoms with Gasteiger partial charge in [0.25, 0.3) is 0 Å². The third-order valence-electron chi connectivity index (χ3n) is 3.72. The molecule has 0 radical (unpaired) electrons. The maximum Gasteiger partial charge on any atom is 0.223 e. The average molecular weight is 326 g/mol. The highest BCUT2D eigenvalue weighted by Gasteiger charge is 2.09. The second-order valence-electron chi connectivity index (χ2n) is 5.26. The Morgan fingerprint density at radius 3 is 2.65 bits per heavy atom. The zero-order valence-electron chi connectivity index (χ0n) is 13.3. The molecule has 1 N–H and O–H groups in total. The number of anilines is 3. The Bertz CT molecular complexity index is 841. The molecule has 1 amide bonds. The van der Waals surface area contributed by atoms with Gasteiger partial charge in [0.05, 0.1) is 5.39 Å². The molecule has 23 heavy (non-hydrogen) atoms. The summed E-state index contributed by atoms with van der Waals surface area (Å²) in [5.41, 5.74) is 1.79. The van der Waals surface area contributed by atoms with Crippen LogP contribution in [0.2, 0.25) is 0 Å². The molecule has 3 aromatic rings. The summed E-state index contributed by atoms with van der Waals surface area (Å²) in [5.74, 6) is 0.812. The molecule has 3 rings (SSSR count). The Morgan fingerprint density at radius 2 is 2.00 bits per heavy atom. The highest BCUT2D eigenvalue weighted by molar-refractivity contribution is 7.18. The van der Waals surface area contributed by atoms with E-state index in [1.807, 2.05) is 24.3 Å². The van der Waals surface area contributed by atoms with Gasteiger partial charge >= 0.3 is 0 Å². The molecule has 5 nitrogen and oxygen atoms in total. The standard InChI is InChI=1S/C17H18N4OS/c1-4-14-9-15-16(18-10-19-17(15)23-14)20-12-5-7-13(8-6-12)21(3)11(2)22/h5-10H,4H2,1-3H3,(H,18,19,20). The van der Waals surface area contributed by atoms with Crippen molar-refractivity contribution in [2.75, 3.05) is 17.3 Å². The zero-order chi connectivity index (χ0) is 16.4. The molecular formula is C17H18N4OS. The Balaban J connectivity index is 1.87. The number of nitrogens with one attached hydrogen (secondary N) is 1. The van der Waals surface area contributed by atoms with Crippen molar-refractivity contribution in [2.24, 2.45) is 0 Å². The summed E-state index contributed by atoms with van der Waals surface area (Å²) in [5, 5.41) is 4.37. The Hall–Kier alpha value is -2.47.